The van der Waals surface area contributed by atoms with E-state index in [9.17, 15) is 0 Å². The number of benzene rings is 1. The Kier molecular flexibility index (Phi) is 15.3. The Morgan fingerprint density at radius 2 is 1.61 bits per heavy atom. The van der Waals surface area contributed by atoms with Gasteiger partial charge in [0.2, 0.25) is 0 Å². The molecule has 2 aromatic rings. The Labute approximate surface area is 144 Å². The van der Waals surface area contributed by atoms with Gasteiger partial charge in [0, 0.05) is 10.6 Å². The van der Waals surface area contributed by atoms with E-state index in [0.717, 1.165) is 11.3 Å². The van der Waals surface area contributed by atoms with Crippen molar-refractivity contribution in [2.75, 3.05) is 7.11 Å². The molecule has 0 aliphatic heterocycles. The molecule has 1 aromatic carbocycles. The molecule has 0 spiro atoms. The molecule has 1 heterocycles. The van der Waals surface area contributed by atoms with Crippen LogP contribution < -0.4 is 0 Å². The normalized spacial score (nSPS) is 8.22. The summed E-state index contributed by atoms with van der Waals surface area (Å²) in [5, 5.41) is 7.93. The number of hydrogen-bond donors (Lipinski definition) is 0. The first-order valence-corrected chi connectivity index (χ1v) is 8.01. The third-order valence-corrected chi connectivity index (χ3v) is 2.14. The van der Waals surface area contributed by atoms with E-state index in [1.165, 1.54) is 7.11 Å². The zero-order valence-electron chi connectivity index (χ0n) is 15.3. The molecule has 130 valence electrons. The second-order valence-electron chi connectivity index (χ2n) is 3.87. The molecule has 0 saturated carbocycles. The zero-order chi connectivity index (χ0) is 18.3. The van der Waals surface area contributed by atoms with Crippen LogP contribution in [0.5, 0.6) is 0 Å². The quantitative estimate of drug-likeness (QED) is 0.513. The Balaban J connectivity index is 0. The van der Waals surface area contributed by atoms with Crippen LogP contribution in [0.15, 0.2) is 33.9 Å². The zero-order valence-corrected chi connectivity index (χ0v) is 16.1. The summed E-state index contributed by atoms with van der Waals surface area (Å²) in [6, 6.07) is 7.26. The van der Waals surface area contributed by atoms with E-state index in [0.29, 0.717) is 16.7 Å². The molecule has 0 unspecified atom stereocenters. The van der Waals surface area contributed by atoms with Crippen molar-refractivity contribution < 1.29 is 9.36 Å². The predicted octanol–water partition coefficient (Wildman–Crippen LogP) is 5.78. The van der Waals surface area contributed by atoms with Gasteiger partial charge in [0.15, 0.2) is 5.82 Å². The van der Waals surface area contributed by atoms with Crippen molar-refractivity contribution >= 4 is 17.3 Å². The van der Waals surface area contributed by atoms with Gasteiger partial charge in [-0.05, 0) is 45.0 Å². The van der Waals surface area contributed by atoms with Crippen molar-refractivity contribution in [1.82, 2.24) is 10.1 Å². The van der Waals surface area contributed by atoms with Gasteiger partial charge in [0.25, 0.3) is 5.89 Å². The molecule has 2 rings (SSSR count). The summed E-state index contributed by atoms with van der Waals surface area (Å²) in [5.41, 5.74) is 1.82. The van der Waals surface area contributed by atoms with E-state index in [1.54, 1.807) is 19.1 Å². The highest BCUT2D eigenvalue weighted by atomic mass is 35.5. The number of oxime groups is 1. The maximum Gasteiger partial charge on any atom is 0.257 e. The fraction of sp³-hybridized carbons (Fsp3) is 0.471. The van der Waals surface area contributed by atoms with Crippen molar-refractivity contribution in [2.45, 2.75) is 48.5 Å². The number of aromatic nitrogens is 2. The lowest BCUT2D eigenvalue weighted by Gasteiger charge is -1.92. The van der Waals surface area contributed by atoms with Crippen LogP contribution in [0.2, 0.25) is 5.02 Å². The summed E-state index contributed by atoms with van der Waals surface area (Å²) in [5.74, 6) is 1.15. The lowest BCUT2D eigenvalue weighted by Crippen LogP contribution is -1.79. The highest BCUT2D eigenvalue weighted by Gasteiger charge is 2.04. The van der Waals surface area contributed by atoms with E-state index in [-0.39, 0.29) is 0 Å². The van der Waals surface area contributed by atoms with Gasteiger partial charge < -0.3 is 9.36 Å². The largest absolute Gasteiger partial charge is 0.399 e. The first-order valence-electron chi connectivity index (χ1n) is 7.63. The number of hydrogen-bond acceptors (Lipinski definition) is 5. The summed E-state index contributed by atoms with van der Waals surface area (Å²) in [7, 11) is 1.53. The standard InChI is InChI=1S/C9H7ClN2O.C4H9NO.2C2H6/c1-6-11-9(13-12-6)7-2-4-8(10)5-3-7;1-4(2)5-6-3;2*1-2/h2-5H,1H3;1-3H3;2*1-2H3. The first-order chi connectivity index (χ1) is 11.0. The molecule has 0 aliphatic rings. The molecule has 23 heavy (non-hydrogen) atoms. The minimum absolute atomic E-state index is 0.522. The third-order valence-electron chi connectivity index (χ3n) is 1.89. The predicted molar refractivity (Wildman–Crippen MR) is 98.0 cm³/mol. The summed E-state index contributed by atoms with van der Waals surface area (Å²) in [4.78, 5) is 8.48. The van der Waals surface area contributed by atoms with Crippen LogP contribution in [0.4, 0.5) is 0 Å². The van der Waals surface area contributed by atoms with E-state index in [4.69, 9.17) is 16.1 Å². The van der Waals surface area contributed by atoms with Crippen LogP contribution in [0.25, 0.3) is 11.5 Å². The Bertz CT molecular complexity index is 533. The number of aryl methyl sites for hydroxylation is 1. The topological polar surface area (TPSA) is 60.5 Å². The second kappa shape index (κ2) is 15.0. The van der Waals surface area contributed by atoms with Crippen LogP contribution in [-0.4, -0.2) is 23.0 Å². The molecule has 0 aliphatic carbocycles. The van der Waals surface area contributed by atoms with Crippen LogP contribution in [0, 0.1) is 6.92 Å². The highest BCUT2D eigenvalue weighted by molar-refractivity contribution is 6.30. The van der Waals surface area contributed by atoms with Crippen LogP contribution in [0.3, 0.4) is 0 Å². The summed E-state index contributed by atoms with van der Waals surface area (Å²) >= 11 is 5.74. The summed E-state index contributed by atoms with van der Waals surface area (Å²) in [6.07, 6.45) is 0. The monoisotopic (exact) mass is 341 g/mol. The average Bonchev–Trinajstić information content (AvgIpc) is 2.99. The van der Waals surface area contributed by atoms with Crippen molar-refractivity contribution in [2.24, 2.45) is 5.16 Å². The van der Waals surface area contributed by atoms with E-state index in [2.05, 4.69) is 20.1 Å². The van der Waals surface area contributed by atoms with E-state index < -0.39 is 0 Å². The molecule has 0 amide bonds. The van der Waals surface area contributed by atoms with Crippen LogP contribution in [-0.2, 0) is 4.84 Å². The molecule has 0 radical (unpaired) electrons. The molecule has 5 nitrogen and oxygen atoms in total. The van der Waals surface area contributed by atoms with Gasteiger partial charge in [-0.2, -0.15) is 4.98 Å². The van der Waals surface area contributed by atoms with Crippen molar-refractivity contribution in [3.63, 3.8) is 0 Å². The summed E-state index contributed by atoms with van der Waals surface area (Å²) in [6.45, 7) is 13.5. The van der Waals surface area contributed by atoms with Crippen LogP contribution >= 0.6 is 11.6 Å². The minimum Gasteiger partial charge on any atom is -0.399 e. The molecule has 1 aromatic heterocycles. The molecular weight excluding hydrogens is 314 g/mol. The highest BCUT2D eigenvalue weighted by Crippen LogP contribution is 2.19. The Morgan fingerprint density at radius 3 is 1.91 bits per heavy atom. The van der Waals surface area contributed by atoms with E-state index >= 15 is 0 Å². The Morgan fingerprint density at radius 1 is 1.09 bits per heavy atom. The van der Waals surface area contributed by atoms with Gasteiger partial charge in [-0.3, -0.25) is 0 Å². The lowest BCUT2D eigenvalue weighted by atomic mass is 10.2. The molecule has 0 saturated heterocycles. The number of rotatable bonds is 2. The second-order valence-corrected chi connectivity index (χ2v) is 4.31. The molecule has 6 heteroatoms. The van der Waals surface area contributed by atoms with Gasteiger partial charge in [0.1, 0.15) is 7.11 Å². The fourth-order valence-corrected chi connectivity index (χ4v) is 1.32. The third kappa shape index (κ3) is 11.4. The first kappa shape index (κ1) is 23.4. The molecule has 0 N–H and O–H groups in total. The average molecular weight is 342 g/mol. The maximum absolute atomic E-state index is 5.74. The smallest absolute Gasteiger partial charge is 0.257 e. The van der Waals surface area contributed by atoms with Gasteiger partial charge >= 0.3 is 0 Å². The maximum atomic E-state index is 5.74. The molecule has 0 atom stereocenters. The lowest BCUT2D eigenvalue weighted by molar-refractivity contribution is 0.213. The Hall–Kier alpha value is -1.88. The molecular formula is C17H28ClN3O2. The SMILES string of the molecule is CC.CC.CON=C(C)C.Cc1noc(-c2ccc(Cl)cc2)n1. The van der Waals surface area contributed by atoms with E-state index in [1.807, 2.05) is 53.7 Å². The van der Waals surface area contributed by atoms with Gasteiger partial charge in [-0.25, -0.2) is 0 Å². The van der Waals surface area contributed by atoms with Crippen molar-refractivity contribution in [3.05, 3.63) is 35.1 Å². The van der Waals surface area contributed by atoms with Gasteiger partial charge in [-0.1, -0.05) is 49.6 Å². The fourth-order valence-electron chi connectivity index (χ4n) is 1.19. The van der Waals surface area contributed by atoms with Crippen molar-refractivity contribution in [3.8, 4) is 11.5 Å². The molecule has 0 bridgehead atoms. The number of halogens is 1. The van der Waals surface area contributed by atoms with Crippen LogP contribution in [0.1, 0.15) is 47.4 Å². The minimum atomic E-state index is 0.522. The van der Waals surface area contributed by atoms with Gasteiger partial charge in [-0.15, -0.1) is 0 Å². The van der Waals surface area contributed by atoms with Gasteiger partial charge in [0.05, 0.1) is 5.71 Å². The summed E-state index contributed by atoms with van der Waals surface area (Å²) < 4.78 is 4.99. The molecule has 0 fully saturated rings. The van der Waals surface area contributed by atoms with Crippen molar-refractivity contribution in [1.29, 1.82) is 0 Å². The number of nitrogens with zero attached hydrogens (tertiary/aromatic N) is 3.